The Morgan fingerprint density at radius 2 is 1.40 bits per heavy atom. The maximum Gasteiger partial charge on any atom is 0.0627 e. The third-order valence-corrected chi connectivity index (χ3v) is 4.76. The van der Waals surface area contributed by atoms with Crippen molar-refractivity contribution in [3.63, 3.8) is 0 Å². The predicted octanol–water partition coefficient (Wildman–Crippen LogP) is 5.59. The number of rotatable bonds is 4. The van der Waals surface area contributed by atoms with Gasteiger partial charge in [-0.2, -0.15) is 0 Å². The number of nitrogens with two attached hydrogens (primary N) is 1. The first-order valence-corrected chi connectivity index (χ1v) is 7.62. The molecule has 0 aromatic heterocycles. The summed E-state index contributed by atoms with van der Waals surface area (Å²) in [4.78, 5) is 0. The lowest BCUT2D eigenvalue weighted by atomic mass is 9.92. The molecule has 2 rings (SSSR count). The normalized spacial score (nSPS) is 12.4. The lowest BCUT2D eigenvalue weighted by Crippen LogP contribution is -2.16. The van der Waals surface area contributed by atoms with E-state index in [-0.39, 0.29) is 5.92 Å². The van der Waals surface area contributed by atoms with Crippen LogP contribution >= 0.6 is 46.4 Å². The molecule has 0 saturated carbocycles. The Labute approximate surface area is 138 Å². The van der Waals surface area contributed by atoms with Gasteiger partial charge in [-0.15, -0.1) is 0 Å². The topological polar surface area (TPSA) is 26.0 Å². The van der Waals surface area contributed by atoms with E-state index < -0.39 is 0 Å². The van der Waals surface area contributed by atoms with E-state index in [9.17, 15) is 0 Å². The molecule has 106 valence electrons. The van der Waals surface area contributed by atoms with Crippen LogP contribution in [0.2, 0.25) is 20.1 Å². The summed E-state index contributed by atoms with van der Waals surface area (Å²) in [6, 6.07) is 11.0. The molecule has 1 nitrogen and oxygen atoms in total. The second kappa shape index (κ2) is 7.02. The van der Waals surface area contributed by atoms with Crippen LogP contribution in [0.25, 0.3) is 0 Å². The van der Waals surface area contributed by atoms with Crippen LogP contribution in [0, 0.1) is 0 Å². The highest BCUT2D eigenvalue weighted by molar-refractivity contribution is 6.42. The highest BCUT2D eigenvalue weighted by atomic mass is 35.5. The highest BCUT2D eigenvalue weighted by Gasteiger charge is 2.18. The van der Waals surface area contributed by atoms with Crippen LogP contribution in [0.15, 0.2) is 36.4 Å². The number of benzene rings is 2. The van der Waals surface area contributed by atoms with Crippen LogP contribution in [0.1, 0.15) is 17.0 Å². The van der Waals surface area contributed by atoms with Crippen molar-refractivity contribution in [1.29, 1.82) is 0 Å². The van der Waals surface area contributed by atoms with E-state index in [4.69, 9.17) is 52.1 Å². The van der Waals surface area contributed by atoms with Crippen LogP contribution in [0.5, 0.6) is 0 Å². The van der Waals surface area contributed by atoms with Crippen LogP contribution < -0.4 is 5.73 Å². The van der Waals surface area contributed by atoms with E-state index in [1.807, 2.05) is 30.3 Å². The Hall–Kier alpha value is -0.440. The summed E-state index contributed by atoms with van der Waals surface area (Å²) in [5.74, 6) is 0.0126. The minimum absolute atomic E-state index is 0.0126. The quantitative estimate of drug-likeness (QED) is 0.766. The second-order valence-electron chi connectivity index (χ2n) is 4.48. The first kappa shape index (κ1) is 15.9. The molecule has 0 aliphatic carbocycles. The minimum Gasteiger partial charge on any atom is -0.330 e. The molecule has 2 N–H and O–H groups in total. The lowest BCUT2D eigenvalue weighted by molar-refractivity contribution is 0.695. The molecular weight excluding hydrogens is 336 g/mol. The molecule has 0 aliphatic heterocycles. The Balaban J connectivity index is 2.37. The molecule has 0 radical (unpaired) electrons. The second-order valence-corrected chi connectivity index (χ2v) is 6.08. The summed E-state index contributed by atoms with van der Waals surface area (Å²) in [7, 11) is 0. The van der Waals surface area contributed by atoms with Crippen molar-refractivity contribution in [2.45, 2.75) is 12.3 Å². The Kier molecular flexibility index (Phi) is 5.59. The van der Waals surface area contributed by atoms with Gasteiger partial charge in [0.1, 0.15) is 0 Å². The van der Waals surface area contributed by atoms with Gasteiger partial charge in [0, 0.05) is 16.0 Å². The van der Waals surface area contributed by atoms with E-state index in [0.29, 0.717) is 33.1 Å². The van der Waals surface area contributed by atoms with Crippen molar-refractivity contribution in [3.05, 3.63) is 67.6 Å². The van der Waals surface area contributed by atoms with Crippen molar-refractivity contribution in [3.8, 4) is 0 Å². The molecule has 2 aromatic carbocycles. The smallest absolute Gasteiger partial charge is 0.0627 e. The average Bonchev–Trinajstić information content (AvgIpc) is 2.42. The molecule has 0 aliphatic rings. The van der Waals surface area contributed by atoms with Gasteiger partial charge in [-0.05, 0) is 42.3 Å². The summed E-state index contributed by atoms with van der Waals surface area (Å²) in [6.45, 7) is 0.432. The van der Waals surface area contributed by atoms with Gasteiger partial charge >= 0.3 is 0 Å². The van der Waals surface area contributed by atoms with Crippen molar-refractivity contribution < 1.29 is 0 Å². The third kappa shape index (κ3) is 3.41. The zero-order chi connectivity index (χ0) is 14.7. The van der Waals surface area contributed by atoms with Gasteiger partial charge in [-0.3, -0.25) is 0 Å². The molecule has 0 amide bonds. The molecule has 20 heavy (non-hydrogen) atoms. The van der Waals surface area contributed by atoms with Crippen molar-refractivity contribution in [2.75, 3.05) is 6.54 Å². The summed E-state index contributed by atoms with van der Waals surface area (Å²) in [6.07, 6.45) is 0.620. The van der Waals surface area contributed by atoms with Gasteiger partial charge in [0.25, 0.3) is 0 Å². The standard InChI is InChI=1S/C15H13Cl4N/c16-12-4-2-5-13(17)11(12)7-9(8-20)10-3-1-6-14(18)15(10)19/h1-6,9H,7-8,20H2. The van der Waals surface area contributed by atoms with E-state index in [2.05, 4.69) is 0 Å². The fraction of sp³-hybridized carbons (Fsp3) is 0.200. The molecule has 0 fully saturated rings. The third-order valence-electron chi connectivity index (χ3n) is 3.22. The molecular formula is C15H13Cl4N. The first-order chi connectivity index (χ1) is 9.54. The molecule has 5 heteroatoms. The summed E-state index contributed by atoms with van der Waals surface area (Å²) >= 11 is 24.7. The largest absolute Gasteiger partial charge is 0.330 e. The molecule has 0 spiro atoms. The zero-order valence-electron chi connectivity index (χ0n) is 10.5. The van der Waals surface area contributed by atoms with E-state index in [1.165, 1.54) is 0 Å². The number of hydrogen-bond acceptors (Lipinski definition) is 1. The average molecular weight is 349 g/mol. The maximum atomic E-state index is 6.26. The Morgan fingerprint density at radius 1 is 0.850 bits per heavy atom. The van der Waals surface area contributed by atoms with Gasteiger partial charge in [-0.1, -0.05) is 64.6 Å². The van der Waals surface area contributed by atoms with Crippen LogP contribution in [-0.4, -0.2) is 6.54 Å². The summed E-state index contributed by atoms with van der Waals surface area (Å²) in [5.41, 5.74) is 7.68. The van der Waals surface area contributed by atoms with Crippen LogP contribution in [0.4, 0.5) is 0 Å². The molecule has 0 heterocycles. The van der Waals surface area contributed by atoms with E-state index in [1.54, 1.807) is 6.07 Å². The van der Waals surface area contributed by atoms with E-state index >= 15 is 0 Å². The fourth-order valence-corrected chi connectivity index (χ4v) is 3.14. The number of halogens is 4. The molecule has 1 unspecified atom stereocenters. The van der Waals surface area contributed by atoms with Gasteiger partial charge in [0.15, 0.2) is 0 Å². The molecule has 1 atom stereocenters. The zero-order valence-corrected chi connectivity index (χ0v) is 13.6. The fourth-order valence-electron chi connectivity index (χ4n) is 2.13. The maximum absolute atomic E-state index is 6.26. The van der Waals surface area contributed by atoms with Crippen LogP contribution in [0.3, 0.4) is 0 Å². The highest BCUT2D eigenvalue weighted by Crippen LogP contribution is 2.35. The Bertz CT molecular complexity index is 593. The first-order valence-electron chi connectivity index (χ1n) is 6.11. The predicted molar refractivity (Wildman–Crippen MR) is 88.4 cm³/mol. The minimum atomic E-state index is 0.0126. The van der Waals surface area contributed by atoms with Gasteiger partial charge in [0.2, 0.25) is 0 Å². The van der Waals surface area contributed by atoms with Crippen molar-refractivity contribution >= 4 is 46.4 Å². The van der Waals surface area contributed by atoms with Crippen molar-refractivity contribution in [2.24, 2.45) is 5.73 Å². The molecule has 0 bridgehead atoms. The SMILES string of the molecule is NCC(Cc1c(Cl)cccc1Cl)c1cccc(Cl)c1Cl. The molecule has 0 saturated heterocycles. The lowest BCUT2D eigenvalue weighted by Gasteiger charge is -2.19. The van der Waals surface area contributed by atoms with Gasteiger partial charge < -0.3 is 5.73 Å². The van der Waals surface area contributed by atoms with E-state index in [0.717, 1.165) is 11.1 Å². The van der Waals surface area contributed by atoms with Crippen molar-refractivity contribution in [1.82, 2.24) is 0 Å². The Morgan fingerprint density at radius 3 is 2.00 bits per heavy atom. The summed E-state index contributed by atoms with van der Waals surface area (Å²) in [5, 5.41) is 2.32. The number of hydrogen-bond donors (Lipinski definition) is 1. The van der Waals surface area contributed by atoms with Gasteiger partial charge in [0.05, 0.1) is 10.0 Å². The monoisotopic (exact) mass is 347 g/mol. The van der Waals surface area contributed by atoms with Crippen LogP contribution in [-0.2, 0) is 6.42 Å². The molecule has 2 aromatic rings. The van der Waals surface area contributed by atoms with Gasteiger partial charge in [-0.25, -0.2) is 0 Å². The summed E-state index contributed by atoms with van der Waals surface area (Å²) < 4.78 is 0.